The molecule has 7 nitrogen and oxygen atoms in total. The Hall–Kier alpha value is -2.73. The first-order chi connectivity index (χ1) is 15.9. The van der Waals surface area contributed by atoms with Gasteiger partial charge in [0.05, 0.1) is 16.9 Å². The van der Waals surface area contributed by atoms with E-state index < -0.39 is 33.5 Å². The van der Waals surface area contributed by atoms with E-state index in [0.29, 0.717) is 50.5 Å². The number of carbonyl (C=O) groups is 1. The third kappa shape index (κ3) is 6.23. The van der Waals surface area contributed by atoms with E-state index in [2.05, 4.69) is 9.88 Å². The van der Waals surface area contributed by atoms with E-state index in [0.717, 1.165) is 17.8 Å². The minimum atomic E-state index is -4.43. The summed E-state index contributed by atoms with van der Waals surface area (Å²) in [5, 5.41) is 0. The fourth-order valence-electron chi connectivity index (χ4n) is 3.69. The van der Waals surface area contributed by atoms with Crippen LogP contribution in [0.25, 0.3) is 0 Å². The molecule has 2 heterocycles. The van der Waals surface area contributed by atoms with Crippen molar-refractivity contribution in [3.8, 4) is 0 Å². The van der Waals surface area contributed by atoms with Crippen LogP contribution in [0.5, 0.6) is 0 Å². The molecule has 0 unspecified atom stereocenters. The minimum absolute atomic E-state index is 0.299. The van der Waals surface area contributed by atoms with E-state index in [9.17, 15) is 30.8 Å². The summed E-state index contributed by atoms with van der Waals surface area (Å²) in [4.78, 5) is 20.1. The first-order valence-corrected chi connectivity index (χ1v) is 12.5. The van der Waals surface area contributed by atoms with Crippen LogP contribution in [0.15, 0.2) is 30.5 Å². The summed E-state index contributed by atoms with van der Waals surface area (Å²) in [5.41, 5.74) is 0.299. The summed E-state index contributed by atoms with van der Waals surface area (Å²) < 4.78 is 78.0. The Labute approximate surface area is 195 Å². The normalized spacial score (nSPS) is 15.4. The average Bonchev–Trinajstić information content (AvgIpc) is 2.79. The van der Waals surface area contributed by atoms with E-state index in [1.807, 2.05) is 16.5 Å². The number of aromatic nitrogens is 1. The lowest BCUT2D eigenvalue weighted by molar-refractivity contribution is -0.137. The quantitative estimate of drug-likeness (QED) is 0.586. The van der Waals surface area contributed by atoms with Crippen molar-refractivity contribution < 1.29 is 30.8 Å². The molecule has 1 N–H and O–H groups in total. The molecule has 1 aromatic carbocycles. The Morgan fingerprint density at radius 1 is 1.09 bits per heavy atom. The summed E-state index contributed by atoms with van der Waals surface area (Å²) >= 11 is 0. The number of benzene rings is 1. The fraction of sp³-hybridized carbons (Fsp3) is 0.455. The van der Waals surface area contributed by atoms with Crippen LogP contribution in [0.1, 0.15) is 40.9 Å². The minimum Gasteiger partial charge on any atom is -0.354 e. The number of rotatable bonds is 7. The fourth-order valence-corrected chi connectivity index (χ4v) is 4.23. The maximum Gasteiger partial charge on any atom is 0.417 e. The lowest BCUT2D eigenvalue weighted by Crippen LogP contribution is -2.46. The highest BCUT2D eigenvalue weighted by Crippen LogP contribution is 2.29. The van der Waals surface area contributed by atoms with Gasteiger partial charge in [-0.1, -0.05) is 6.92 Å². The number of amides is 1. The van der Waals surface area contributed by atoms with Gasteiger partial charge in [0.15, 0.2) is 0 Å². The maximum atomic E-state index is 14.7. The Morgan fingerprint density at radius 2 is 1.76 bits per heavy atom. The second-order valence-corrected chi connectivity index (χ2v) is 9.97. The van der Waals surface area contributed by atoms with E-state index >= 15 is 0 Å². The zero-order valence-corrected chi connectivity index (χ0v) is 19.6. The Kier molecular flexibility index (Phi) is 7.81. The average molecular weight is 503 g/mol. The molecule has 0 radical (unpaired) electrons. The van der Waals surface area contributed by atoms with Gasteiger partial charge in [-0.05, 0) is 48.7 Å². The number of halogens is 4. The van der Waals surface area contributed by atoms with Gasteiger partial charge in [-0.15, -0.1) is 0 Å². The van der Waals surface area contributed by atoms with Gasteiger partial charge in [0.2, 0.25) is 10.0 Å². The number of hydrogen-bond acceptors (Lipinski definition) is 6. The highest BCUT2D eigenvalue weighted by atomic mass is 32.2. The molecule has 186 valence electrons. The highest BCUT2D eigenvalue weighted by molar-refractivity contribution is 7.90. The predicted octanol–water partition coefficient (Wildman–Crippen LogP) is 3.20. The first-order valence-electron chi connectivity index (χ1n) is 10.8. The molecule has 0 saturated carbocycles. The Morgan fingerprint density at radius 3 is 2.29 bits per heavy atom. The lowest BCUT2D eigenvalue weighted by Gasteiger charge is -2.35. The molecular weight excluding hydrogens is 476 g/mol. The number of hydrogen-bond donors (Lipinski definition) is 1. The van der Waals surface area contributed by atoms with Crippen LogP contribution >= 0.6 is 0 Å². The summed E-state index contributed by atoms with van der Waals surface area (Å²) in [5.74, 6) is -1.64. The molecule has 1 fully saturated rings. The van der Waals surface area contributed by atoms with E-state index in [1.54, 1.807) is 0 Å². The monoisotopic (exact) mass is 502 g/mol. The summed E-state index contributed by atoms with van der Waals surface area (Å²) in [6, 6.07) is 5.00. The molecule has 1 aliphatic rings. The molecule has 1 aliphatic heterocycles. The van der Waals surface area contributed by atoms with Gasteiger partial charge in [0.25, 0.3) is 5.91 Å². The van der Waals surface area contributed by atoms with Crippen molar-refractivity contribution in [3.63, 3.8) is 0 Å². The summed E-state index contributed by atoms with van der Waals surface area (Å²) in [6.45, 7) is 5.91. The van der Waals surface area contributed by atoms with E-state index in [1.165, 1.54) is 25.1 Å². The van der Waals surface area contributed by atoms with Crippen molar-refractivity contribution in [2.45, 2.75) is 33.0 Å². The van der Waals surface area contributed by atoms with Crippen molar-refractivity contribution in [2.24, 2.45) is 0 Å². The maximum absolute atomic E-state index is 14.7. The number of carbonyl (C=O) groups excluding carboxylic acids is 1. The van der Waals surface area contributed by atoms with Crippen LogP contribution in [0.4, 0.5) is 23.4 Å². The van der Waals surface area contributed by atoms with Gasteiger partial charge in [-0.2, -0.15) is 13.2 Å². The Balaban J connectivity index is 1.66. The molecular formula is C22H26F4N4O3S. The standard InChI is InChI=1S/C22H26F4N4O3S/c1-3-15-11-18(21(31)28-34(32,33)4-2)19(23)12-16(15)14-29-7-9-30(10-8-29)20-6-5-17(13-27-20)22(24,25)26/h5-6,11-13H,3-4,7-10,14H2,1-2H3,(H,28,31). The third-order valence-electron chi connectivity index (χ3n) is 5.71. The zero-order valence-electron chi connectivity index (χ0n) is 18.8. The molecule has 1 amide bonds. The van der Waals surface area contributed by atoms with Crippen LogP contribution in [-0.2, 0) is 29.2 Å². The summed E-state index contributed by atoms with van der Waals surface area (Å²) in [7, 11) is -3.81. The topological polar surface area (TPSA) is 82.6 Å². The van der Waals surface area contributed by atoms with Crippen molar-refractivity contribution >= 4 is 21.7 Å². The van der Waals surface area contributed by atoms with Crippen LogP contribution in [-0.4, -0.2) is 56.1 Å². The van der Waals surface area contributed by atoms with Crippen molar-refractivity contribution in [1.29, 1.82) is 0 Å². The number of aryl methyl sites for hydroxylation is 1. The van der Waals surface area contributed by atoms with E-state index in [-0.39, 0.29) is 11.3 Å². The Bertz CT molecular complexity index is 1130. The molecule has 34 heavy (non-hydrogen) atoms. The number of sulfonamides is 1. The largest absolute Gasteiger partial charge is 0.417 e. The van der Waals surface area contributed by atoms with Crippen molar-refractivity contribution in [3.05, 3.63) is 58.5 Å². The van der Waals surface area contributed by atoms with Crippen molar-refractivity contribution in [2.75, 3.05) is 36.8 Å². The van der Waals surface area contributed by atoms with Gasteiger partial charge in [-0.25, -0.2) is 22.5 Å². The second kappa shape index (κ2) is 10.3. The molecule has 3 rings (SSSR count). The third-order valence-corrected chi connectivity index (χ3v) is 6.96. The number of nitrogens with zero attached hydrogens (tertiary/aromatic N) is 3. The lowest BCUT2D eigenvalue weighted by atomic mass is 10.00. The molecule has 0 atom stereocenters. The molecule has 0 spiro atoms. The second-order valence-electron chi connectivity index (χ2n) is 7.95. The van der Waals surface area contributed by atoms with Crippen LogP contribution in [0.3, 0.4) is 0 Å². The van der Waals surface area contributed by atoms with Gasteiger partial charge < -0.3 is 4.90 Å². The SMILES string of the molecule is CCc1cc(C(=O)NS(=O)(=O)CC)c(F)cc1CN1CCN(c2ccc(C(F)(F)F)cn2)CC1. The first kappa shape index (κ1) is 25.9. The smallest absolute Gasteiger partial charge is 0.354 e. The van der Waals surface area contributed by atoms with Gasteiger partial charge in [0.1, 0.15) is 11.6 Å². The molecule has 12 heteroatoms. The number of nitrogens with one attached hydrogen (secondary N) is 1. The molecule has 1 saturated heterocycles. The number of anilines is 1. The van der Waals surface area contributed by atoms with Gasteiger partial charge >= 0.3 is 6.18 Å². The van der Waals surface area contributed by atoms with Crippen LogP contribution in [0.2, 0.25) is 0 Å². The predicted molar refractivity (Wildman–Crippen MR) is 119 cm³/mol. The molecule has 1 aromatic heterocycles. The molecule has 0 bridgehead atoms. The van der Waals surface area contributed by atoms with Gasteiger partial charge in [-0.3, -0.25) is 9.69 Å². The number of alkyl halides is 3. The van der Waals surface area contributed by atoms with Crippen LogP contribution < -0.4 is 9.62 Å². The number of piperazine rings is 1. The highest BCUT2D eigenvalue weighted by Gasteiger charge is 2.31. The zero-order chi connectivity index (χ0) is 25.1. The van der Waals surface area contributed by atoms with Crippen LogP contribution in [0, 0.1) is 5.82 Å². The van der Waals surface area contributed by atoms with Crippen molar-refractivity contribution in [1.82, 2.24) is 14.6 Å². The number of pyridine rings is 1. The van der Waals surface area contributed by atoms with E-state index in [4.69, 9.17) is 0 Å². The molecule has 0 aliphatic carbocycles. The molecule has 2 aromatic rings. The summed E-state index contributed by atoms with van der Waals surface area (Å²) in [6.07, 6.45) is -3.09. The van der Waals surface area contributed by atoms with Gasteiger partial charge in [0, 0.05) is 38.9 Å².